The highest BCUT2D eigenvalue weighted by molar-refractivity contribution is 6.31. The van der Waals surface area contributed by atoms with E-state index in [-0.39, 0.29) is 18.1 Å². The number of imidazole rings is 1. The first-order valence-corrected chi connectivity index (χ1v) is 8.69. The molecule has 1 fully saturated rings. The van der Waals surface area contributed by atoms with Gasteiger partial charge in [0.15, 0.2) is 5.65 Å². The first-order chi connectivity index (χ1) is 12.0. The van der Waals surface area contributed by atoms with Crippen LogP contribution < -0.4 is 0 Å². The lowest BCUT2D eigenvalue weighted by atomic mass is 10.2. The number of hydrogen-bond donors (Lipinski definition) is 1. The van der Waals surface area contributed by atoms with Crippen LogP contribution in [-0.2, 0) is 4.74 Å². The van der Waals surface area contributed by atoms with Crippen LogP contribution in [0, 0.1) is 0 Å². The molecule has 0 unspecified atom stereocenters. The number of halogens is 1. The van der Waals surface area contributed by atoms with Crippen LogP contribution in [0.4, 0.5) is 4.79 Å². The van der Waals surface area contributed by atoms with E-state index in [9.17, 15) is 9.90 Å². The molecule has 9 heteroatoms. The second-order valence-corrected chi connectivity index (χ2v) is 6.53. The Bertz CT molecular complexity index is 758. The second kappa shape index (κ2) is 7.45. The first-order valence-electron chi connectivity index (χ1n) is 8.31. The largest absolute Gasteiger partial charge is 0.480 e. The van der Waals surface area contributed by atoms with Crippen molar-refractivity contribution >= 4 is 28.9 Å². The van der Waals surface area contributed by atoms with Gasteiger partial charge in [-0.3, -0.25) is 9.47 Å². The molecule has 1 atom stereocenters. The number of rotatable bonds is 4. The van der Waals surface area contributed by atoms with E-state index in [1.54, 1.807) is 15.5 Å². The lowest BCUT2D eigenvalue weighted by Crippen LogP contribution is -2.49. The molecule has 0 spiro atoms. The Balaban J connectivity index is 1.75. The third-order valence-corrected chi connectivity index (χ3v) is 4.81. The lowest BCUT2D eigenvalue weighted by molar-refractivity contribution is 0.0856. The summed E-state index contributed by atoms with van der Waals surface area (Å²) in [6.07, 6.45) is 2.06. The number of ether oxygens (including phenoxy) is 1. The van der Waals surface area contributed by atoms with Gasteiger partial charge in [-0.1, -0.05) is 18.5 Å². The maximum Gasteiger partial charge on any atom is 0.409 e. The van der Waals surface area contributed by atoms with Gasteiger partial charge in [0.1, 0.15) is 0 Å². The van der Waals surface area contributed by atoms with Gasteiger partial charge in [-0.05, 0) is 12.5 Å². The molecule has 1 N–H and O–H groups in total. The molecule has 1 saturated heterocycles. The molecule has 1 aliphatic heterocycles. The van der Waals surface area contributed by atoms with Crippen molar-refractivity contribution in [1.29, 1.82) is 0 Å². The summed E-state index contributed by atoms with van der Waals surface area (Å²) in [6.45, 7) is 5.60. The third-order valence-electron chi connectivity index (χ3n) is 4.61. The van der Waals surface area contributed by atoms with Crippen LogP contribution in [0.1, 0.15) is 19.4 Å². The number of hydrogen-bond acceptors (Lipinski definition) is 6. The maximum atomic E-state index is 11.6. The van der Waals surface area contributed by atoms with E-state index in [1.807, 2.05) is 0 Å². The Kier molecular flexibility index (Phi) is 5.29. The molecule has 0 aliphatic carbocycles. The smallest absolute Gasteiger partial charge is 0.409 e. The van der Waals surface area contributed by atoms with E-state index in [4.69, 9.17) is 16.3 Å². The maximum absolute atomic E-state index is 11.6. The Morgan fingerprint density at radius 1 is 1.40 bits per heavy atom. The quantitative estimate of drug-likeness (QED) is 0.891. The van der Waals surface area contributed by atoms with Crippen molar-refractivity contribution in [1.82, 2.24) is 24.3 Å². The molecule has 136 valence electrons. The number of amides is 1. The zero-order chi connectivity index (χ0) is 18.0. The summed E-state index contributed by atoms with van der Waals surface area (Å²) in [5.41, 5.74) is 1.21. The fourth-order valence-corrected chi connectivity index (χ4v) is 3.39. The molecule has 3 rings (SSSR count). The second-order valence-electron chi connectivity index (χ2n) is 6.10. The normalized spacial score (nSPS) is 17.0. The van der Waals surface area contributed by atoms with Gasteiger partial charge >= 0.3 is 6.09 Å². The summed E-state index contributed by atoms with van der Waals surface area (Å²) >= 11 is 6.05. The Hall–Kier alpha value is -2.06. The van der Waals surface area contributed by atoms with Gasteiger partial charge < -0.3 is 14.7 Å². The van der Waals surface area contributed by atoms with Gasteiger partial charge in [-0.2, -0.15) is 4.98 Å². The molecular formula is C16H22ClN5O3. The average molecular weight is 368 g/mol. The van der Waals surface area contributed by atoms with Gasteiger partial charge in [0, 0.05) is 38.9 Å². The van der Waals surface area contributed by atoms with Gasteiger partial charge in [0.05, 0.1) is 23.7 Å². The summed E-state index contributed by atoms with van der Waals surface area (Å²) in [5.74, 6) is 0. The molecule has 25 heavy (non-hydrogen) atoms. The minimum absolute atomic E-state index is 0.0370. The van der Waals surface area contributed by atoms with Gasteiger partial charge in [-0.15, -0.1) is 0 Å². The number of nitrogens with zero attached hydrogens (tertiary/aromatic N) is 5. The molecule has 3 heterocycles. The van der Waals surface area contributed by atoms with E-state index in [2.05, 4.69) is 21.8 Å². The van der Waals surface area contributed by atoms with E-state index < -0.39 is 0 Å². The van der Waals surface area contributed by atoms with E-state index in [0.29, 0.717) is 23.8 Å². The Morgan fingerprint density at radius 2 is 2.12 bits per heavy atom. The molecular weight excluding hydrogens is 346 g/mol. The van der Waals surface area contributed by atoms with Crippen molar-refractivity contribution in [2.24, 2.45) is 0 Å². The zero-order valence-corrected chi connectivity index (χ0v) is 15.1. The van der Waals surface area contributed by atoms with Crippen molar-refractivity contribution in [3.05, 3.63) is 17.3 Å². The molecule has 1 amide bonds. The number of carbonyl (C=O) groups is 1. The highest BCUT2D eigenvalue weighted by Crippen LogP contribution is 2.28. The fourth-order valence-electron chi connectivity index (χ4n) is 3.23. The SMILES string of the molecule is CC[C@H](CN1CCN(C(=O)OC)CC1)n1c(O)nc2ncc(Cl)cc21. The van der Waals surface area contributed by atoms with E-state index in [0.717, 1.165) is 31.6 Å². The van der Waals surface area contributed by atoms with Crippen LogP contribution in [0.3, 0.4) is 0 Å². The monoisotopic (exact) mass is 367 g/mol. The topological polar surface area (TPSA) is 83.7 Å². The first kappa shape index (κ1) is 17.8. The number of aromatic hydroxyl groups is 1. The summed E-state index contributed by atoms with van der Waals surface area (Å²) in [6, 6.07) is 1.76. The van der Waals surface area contributed by atoms with Crippen LogP contribution in [0.25, 0.3) is 11.2 Å². The highest BCUT2D eigenvalue weighted by atomic mass is 35.5. The van der Waals surface area contributed by atoms with Crippen molar-refractivity contribution in [3.8, 4) is 6.01 Å². The molecule has 0 aromatic carbocycles. The molecule has 2 aromatic rings. The minimum atomic E-state index is -0.286. The Labute approximate surface area is 151 Å². The van der Waals surface area contributed by atoms with E-state index >= 15 is 0 Å². The fraction of sp³-hybridized carbons (Fsp3) is 0.562. The molecule has 0 bridgehead atoms. The van der Waals surface area contributed by atoms with Crippen LogP contribution in [0.5, 0.6) is 6.01 Å². The van der Waals surface area contributed by atoms with Crippen LogP contribution in [-0.4, -0.2) is 75.4 Å². The average Bonchev–Trinajstić information content (AvgIpc) is 2.94. The number of carbonyl (C=O) groups excluding carboxylic acids is 1. The molecule has 8 nitrogen and oxygen atoms in total. The van der Waals surface area contributed by atoms with Crippen LogP contribution in [0.2, 0.25) is 5.02 Å². The molecule has 0 saturated carbocycles. The van der Waals surface area contributed by atoms with Crippen molar-refractivity contribution in [3.63, 3.8) is 0 Å². The van der Waals surface area contributed by atoms with Crippen molar-refractivity contribution in [2.75, 3.05) is 39.8 Å². The predicted molar refractivity (Wildman–Crippen MR) is 93.9 cm³/mol. The van der Waals surface area contributed by atoms with Gasteiger partial charge in [0.25, 0.3) is 6.01 Å². The van der Waals surface area contributed by atoms with Gasteiger partial charge in [-0.25, -0.2) is 9.78 Å². The van der Waals surface area contributed by atoms with Crippen molar-refractivity contribution < 1.29 is 14.6 Å². The molecule has 0 radical (unpaired) electrons. The minimum Gasteiger partial charge on any atom is -0.480 e. The standard InChI is InChI=1S/C16H22ClN5O3/c1-3-12(10-20-4-6-21(7-5-20)16(24)25-2)22-13-8-11(17)9-18-14(13)19-15(22)23/h8-9,12H,3-7,10H2,1-2H3,(H,18,19,23)/t12-/m1/s1. The summed E-state index contributed by atoms with van der Waals surface area (Å²) in [4.78, 5) is 23.8. The number of piperazine rings is 1. The summed E-state index contributed by atoms with van der Waals surface area (Å²) < 4.78 is 6.56. The lowest BCUT2D eigenvalue weighted by Gasteiger charge is -2.35. The third kappa shape index (κ3) is 3.64. The molecule has 1 aliphatic rings. The van der Waals surface area contributed by atoms with E-state index in [1.165, 1.54) is 13.3 Å². The van der Waals surface area contributed by atoms with Crippen LogP contribution >= 0.6 is 11.6 Å². The van der Waals surface area contributed by atoms with Crippen LogP contribution in [0.15, 0.2) is 12.3 Å². The summed E-state index contributed by atoms with van der Waals surface area (Å²) in [5, 5.41) is 10.8. The highest BCUT2D eigenvalue weighted by Gasteiger charge is 2.25. The zero-order valence-electron chi connectivity index (χ0n) is 14.4. The Morgan fingerprint density at radius 3 is 2.76 bits per heavy atom. The number of pyridine rings is 1. The number of fused-ring (bicyclic) bond motifs is 1. The molecule has 2 aromatic heterocycles. The number of methoxy groups -OCH3 is 1. The number of aromatic nitrogens is 3. The predicted octanol–water partition coefficient (Wildman–Crippen LogP) is 2.13. The van der Waals surface area contributed by atoms with Gasteiger partial charge in [0.2, 0.25) is 0 Å². The summed E-state index contributed by atoms with van der Waals surface area (Å²) in [7, 11) is 1.40. The van der Waals surface area contributed by atoms with Crippen molar-refractivity contribution in [2.45, 2.75) is 19.4 Å².